The Balaban J connectivity index is 2.58. The molecule has 1 aliphatic heterocycles. The molecule has 5 nitrogen and oxygen atoms in total. The third-order valence-corrected chi connectivity index (χ3v) is 2.29. The van der Waals surface area contributed by atoms with E-state index in [0.717, 1.165) is 5.01 Å². The number of carbonyl (C=O) groups excluding carboxylic acids is 1. The van der Waals surface area contributed by atoms with Crippen molar-refractivity contribution in [2.75, 3.05) is 11.6 Å². The zero-order valence-corrected chi connectivity index (χ0v) is 6.00. The lowest BCUT2D eigenvalue weighted by molar-refractivity contribution is -0.121. The van der Waals surface area contributed by atoms with Crippen LogP contribution in [0.25, 0.3) is 0 Å². The third kappa shape index (κ3) is 1.21. The molecule has 1 amide bonds. The maximum atomic E-state index is 10.5. The molecule has 0 saturated carbocycles. The van der Waals surface area contributed by atoms with E-state index in [9.17, 15) is 9.70 Å². The minimum Gasteiger partial charge on any atom is -0.368 e. The van der Waals surface area contributed by atoms with E-state index in [-0.39, 0.29) is 0 Å². The van der Waals surface area contributed by atoms with Crippen molar-refractivity contribution in [3.63, 3.8) is 0 Å². The van der Waals surface area contributed by atoms with Gasteiger partial charge in [-0.05, 0) is 0 Å². The van der Waals surface area contributed by atoms with Crippen LogP contribution in [0.2, 0.25) is 0 Å². The van der Waals surface area contributed by atoms with Crippen molar-refractivity contribution in [3.05, 3.63) is 4.91 Å². The molecule has 0 aromatic heterocycles. The Morgan fingerprint density at radius 2 is 2.50 bits per heavy atom. The Morgan fingerprint density at radius 1 is 1.80 bits per heavy atom. The summed E-state index contributed by atoms with van der Waals surface area (Å²) in [5.41, 5.74) is 4.97. The number of hydrogen-bond acceptors (Lipinski definition) is 4. The predicted molar refractivity (Wildman–Crippen MR) is 37.9 cm³/mol. The van der Waals surface area contributed by atoms with Crippen LogP contribution in [0.5, 0.6) is 0 Å². The molecule has 0 aliphatic carbocycles. The van der Waals surface area contributed by atoms with Crippen molar-refractivity contribution in [2.24, 2.45) is 11.0 Å². The fourth-order valence-corrected chi connectivity index (χ4v) is 1.82. The predicted octanol–water partition coefficient (Wildman–Crippen LogP) is -0.472. The maximum absolute atomic E-state index is 10.5. The zero-order chi connectivity index (χ0) is 7.56. The highest BCUT2D eigenvalue weighted by Gasteiger charge is 2.29. The average Bonchev–Trinajstić information content (AvgIpc) is 2.33. The van der Waals surface area contributed by atoms with Gasteiger partial charge in [-0.15, -0.1) is 16.7 Å². The number of nitrogens with two attached hydrogens (primary N) is 1. The van der Waals surface area contributed by atoms with Gasteiger partial charge in [0.2, 0.25) is 5.91 Å². The van der Waals surface area contributed by atoms with Gasteiger partial charge < -0.3 is 5.73 Å². The molecule has 10 heavy (non-hydrogen) atoms. The fourth-order valence-electron chi connectivity index (χ4n) is 0.743. The quantitative estimate of drug-likeness (QED) is 0.555. The Kier molecular flexibility index (Phi) is 2.10. The Morgan fingerprint density at radius 3 is 2.90 bits per heavy atom. The number of hydrogen-bond donors (Lipinski definition) is 1. The van der Waals surface area contributed by atoms with E-state index in [0.29, 0.717) is 11.6 Å². The molecule has 1 heterocycles. The second kappa shape index (κ2) is 2.87. The second-order valence-electron chi connectivity index (χ2n) is 1.94. The van der Waals surface area contributed by atoms with Crippen LogP contribution >= 0.6 is 11.8 Å². The summed E-state index contributed by atoms with van der Waals surface area (Å²) in [4.78, 5) is 20.5. The summed E-state index contributed by atoms with van der Waals surface area (Å²) >= 11 is 1.47. The molecule has 0 bridgehead atoms. The van der Waals surface area contributed by atoms with Crippen LogP contribution in [0.3, 0.4) is 0 Å². The van der Waals surface area contributed by atoms with Crippen LogP contribution < -0.4 is 5.73 Å². The highest BCUT2D eigenvalue weighted by Crippen LogP contribution is 2.19. The molecule has 1 fully saturated rings. The van der Waals surface area contributed by atoms with Gasteiger partial charge >= 0.3 is 0 Å². The van der Waals surface area contributed by atoms with Gasteiger partial charge in [0.15, 0.2) is 0 Å². The Labute approximate surface area is 61.9 Å². The molecule has 1 saturated heterocycles. The lowest BCUT2D eigenvalue weighted by atomic mass is 10.3. The Bertz CT molecular complexity index is 163. The molecule has 0 spiro atoms. The molecular weight excluding hydrogens is 154 g/mol. The standard InChI is InChI=1S/C4H7N3O2S/c5-4(8)3-1-10-2-7(3)6-9/h3H,1-2H2,(H2,5,8). The molecule has 0 aromatic carbocycles. The van der Waals surface area contributed by atoms with E-state index in [1.165, 1.54) is 11.8 Å². The number of nitrogens with zero attached hydrogens (tertiary/aromatic N) is 2. The molecule has 56 valence electrons. The summed E-state index contributed by atoms with van der Waals surface area (Å²) in [5, 5.41) is 3.81. The van der Waals surface area contributed by atoms with Crippen molar-refractivity contribution < 1.29 is 4.79 Å². The van der Waals surface area contributed by atoms with Gasteiger partial charge in [0.25, 0.3) is 0 Å². The number of carbonyl (C=O) groups is 1. The average molecular weight is 161 g/mol. The molecule has 6 heteroatoms. The minimum absolute atomic E-state index is 0.469. The lowest BCUT2D eigenvalue weighted by Crippen LogP contribution is -2.38. The molecule has 1 aliphatic rings. The van der Waals surface area contributed by atoms with E-state index < -0.39 is 11.9 Å². The highest BCUT2D eigenvalue weighted by molar-refractivity contribution is 7.99. The van der Waals surface area contributed by atoms with Gasteiger partial charge in [0, 0.05) is 5.75 Å². The van der Waals surface area contributed by atoms with Crippen LogP contribution in [0.15, 0.2) is 5.29 Å². The number of amides is 1. The highest BCUT2D eigenvalue weighted by atomic mass is 32.2. The summed E-state index contributed by atoms with van der Waals surface area (Å²) in [7, 11) is 0. The number of nitroso groups, excluding NO2 is 1. The first-order chi connectivity index (χ1) is 4.75. The van der Waals surface area contributed by atoms with Gasteiger partial charge in [0.05, 0.1) is 11.2 Å². The summed E-state index contributed by atoms with van der Waals surface area (Å²) in [5.74, 6) is 0.558. The monoisotopic (exact) mass is 161 g/mol. The normalized spacial score (nSPS) is 24.8. The minimum atomic E-state index is -0.498. The number of rotatable bonds is 2. The molecule has 0 aromatic rings. The smallest absolute Gasteiger partial charge is 0.242 e. The van der Waals surface area contributed by atoms with Crippen molar-refractivity contribution in [1.82, 2.24) is 5.01 Å². The van der Waals surface area contributed by atoms with Crippen LogP contribution in [-0.2, 0) is 4.79 Å². The first-order valence-corrected chi connectivity index (χ1v) is 3.88. The number of thioether (sulfide) groups is 1. The van der Waals surface area contributed by atoms with Crippen molar-refractivity contribution >= 4 is 17.7 Å². The summed E-state index contributed by atoms with van der Waals surface area (Å²) in [6, 6.07) is -0.498. The molecule has 2 N–H and O–H groups in total. The van der Waals surface area contributed by atoms with Crippen molar-refractivity contribution in [2.45, 2.75) is 6.04 Å². The van der Waals surface area contributed by atoms with Gasteiger partial charge in [-0.3, -0.25) is 4.79 Å². The van der Waals surface area contributed by atoms with Crippen molar-refractivity contribution in [3.8, 4) is 0 Å². The van der Waals surface area contributed by atoms with E-state index in [2.05, 4.69) is 5.29 Å². The van der Waals surface area contributed by atoms with Crippen molar-refractivity contribution in [1.29, 1.82) is 0 Å². The SMILES string of the molecule is NC(=O)C1CSCN1N=O. The third-order valence-electron chi connectivity index (χ3n) is 1.29. The second-order valence-corrected chi connectivity index (χ2v) is 2.94. The first-order valence-electron chi connectivity index (χ1n) is 2.72. The first kappa shape index (κ1) is 7.33. The number of primary amides is 1. The van der Waals surface area contributed by atoms with Gasteiger partial charge in [-0.2, -0.15) is 0 Å². The van der Waals surface area contributed by atoms with Crippen LogP contribution in [0, 0.1) is 4.91 Å². The molecule has 1 rings (SSSR count). The van der Waals surface area contributed by atoms with Crippen LogP contribution in [0.1, 0.15) is 0 Å². The van der Waals surface area contributed by atoms with Crippen LogP contribution in [-0.4, -0.2) is 28.6 Å². The topological polar surface area (TPSA) is 75.8 Å². The zero-order valence-electron chi connectivity index (χ0n) is 5.19. The van der Waals surface area contributed by atoms with E-state index >= 15 is 0 Å². The van der Waals surface area contributed by atoms with E-state index in [1.54, 1.807) is 0 Å². The molecular formula is C4H7N3O2S. The Hall–Kier alpha value is -0.780. The molecule has 1 unspecified atom stereocenters. The fraction of sp³-hybridized carbons (Fsp3) is 0.750. The molecule has 1 atom stereocenters. The summed E-state index contributed by atoms with van der Waals surface area (Å²) in [6.07, 6.45) is 0. The van der Waals surface area contributed by atoms with E-state index in [1.807, 2.05) is 0 Å². The summed E-state index contributed by atoms with van der Waals surface area (Å²) < 4.78 is 0. The maximum Gasteiger partial charge on any atom is 0.242 e. The van der Waals surface area contributed by atoms with Crippen LogP contribution in [0.4, 0.5) is 0 Å². The van der Waals surface area contributed by atoms with Gasteiger partial charge in [0.1, 0.15) is 6.04 Å². The lowest BCUT2D eigenvalue weighted by Gasteiger charge is -2.11. The van der Waals surface area contributed by atoms with E-state index in [4.69, 9.17) is 5.73 Å². The molecule has 0 radical (unpaired) electrons. The van der Waals surface area contributed by atoms with Gasteiger partial charge in [-0.1, -0.05) is 0 Å². The summed E-state index contributed by atoms with van der Waals surface area (Å²) in [6.45, 7) is 0. The largest absolute Gasteiger partial charge is 0.368 e. The van der Waals surface area contributed by atoms with Gasteiger partial charge in [-0.25, -0.2) is 5.01 Å².